The fourth-order valence-corrected chi connectivity index (χ4v) is 4.83. The van der Waals surface area contributed by atoms with Crippen LogP contribution < -0.4 is 14.8 Å². The molecule has 6 nitrogen and oxygen atoms in total. The summed E-state index contributed by atoms with van der Waals surface area (Å²) in [5.41, 5.74) is 2.54. The van der Waals surface area contributed by atoms with Crippen LogP contribution in [0.4, 0.5) is 5.69 Å². The number of sulfonamides is 1. The molecule has 0 aliphatic carbocycles. The molecule has 3 rings (SSSR count). The van der Waals surface area contributed by atoms with Gasteiger partial charge in [0, 0.05) is 10.7 Å². The van der Waals surface area contributed by atoms with E-state index in [1.54, 1.807) is 12.1 Å². The Kier molecular flexibility index (Phi) is 7.90. The van der Waals surface area contributed by atoms with Crippen molar-refractivity contribution >= 4 is 33.2 Å². The van der Waals surface area contributed by atoms with Crippen molar-refractivity contribution in [2.75, 3.05) is 12.4 Å². The van der Waals surface area contributed by atoms with E-state index in [0.29, 0.717) is 5.69 Å². The first-order chi connectivity index (χ1) is 15.3. The van der Waals surface area contributed by atoms with Gasteiger partial charge in [0.05, 0.1) is 7.11 Å². The topological polar surface area (TPSA) is 84.5 Å². The molecule has 0 aliphatic rings. The van der Waals surface area contributed by atoms with Crippen LogP contribution in [0.1, 0.15) is 18.1 Å². The molecule has 2 N–H and O–H groups in total. The summed E-state index contributed by atoms with van der Waals surface area (Å²) in [6.07, 6.45) is 1.05. The van der Waals surface area contributed by atoms with Crippen molar-refractivity contribution in [1.29, 1.82) is 0 Å². The summed E-state index contributed by atoms with van der Waals surface area (Å²) in [4.78, 5) is 13.0. The molecule has 0 aromatic heterocycles. The summed E-state index contributed by atoms with van der Waals surface area (Å²) in [7, 11) is -2.74. The Labute approximate surface area is 193 Å². The van der Waals surface area contributed by atoms with E-state index in [1.165, 1.54) is 25.3 Å². The van der Waals surface area contributed by atoms with E-state index in [9.17, 15) is 13.2 Å². The van der Waals surface area contributed by atoms with Crippen LogP contribution in [0.15, 0.2) is 77.7 Å². The quantitative estimate of drug-likeness (QED) is 0.482. The van der Waals surface area contributed by atoms with Crippen LogP contribution in [0.25, 0.3) is 0 Å². The number of anilines is 1. The van der Waals surface area contributed by atoms with Crippen LogP contribution in [-0.2, 0) is 27.7 Å². The van der Waals surface area contributed by atoms with Gasteiger partial charge in [-0.25, -0.2) is 8.42 Å². The molecule has 0 fully saturated rings. The molecule has 0 radical (unpaired) electrons. The standard InChI is InChI=1S/C24H25ClN2O4S/c1-3-17-9-12-20(13-10-17)26-24(28)21(15-18-7-5-4-6-8-18)27-32(29,30)23-16-19(25)11-14-22(23)31-2/h4-14,16,21,27H,3,15H2,1-2H3,(H,26,28). The lowest BCUT2D eigenvalue weighted by molar-refractivity contribution is -0.117. The average Bonchev–Trinajstić information content (AvgIpc) is 2.79. The molecule has 32 heavy (non-hydrogen) atoms. The Bertz CT molecular complexity index is 1170. The molecule has 1 atom stereocenters. The average molecular weight is 473 g/mol. The third kappa shape index (κ3) is 6.09. The number of hydrogen-bond donors (Lipinski definition) is 2. The zero-order valence-electron chi connectivity index (χ0n) is 17.8. The third-order valence-electron chi connectivity index (χ3n) is 4.94. The summed E-state index contributed by atoms with van der Waals surface area (Å²) in [6, 6.07) is 19.9. The van der Waals surface area contributed by atoms with E-state index in [2.05, 4.69) is 10.0 Å². The van der Waals surface area contributed by atoms with E-state index >= 15 is 0 Å². The van der Waals surface area contributed by atoms with Gasteiger partial charge in [-0.2, -0.15) is 4.72 Å². The van der Waals surface area contributed by atoms with Crippen LogP contribution in [0.5, 0.6) is 5.75 Å². The molecule has 3 aromatic rings. The lowest BCUT2D eigenvalue weighted by Gasteiger charge is -2.20. The van der Waals surface area contributed by atoms with Crippen LogP contribution in [-0.4, -0.2) is 27.5 Å². The molecule has 168 valence electrons. The number of aryl methyl sites for hydroxylation is 1. The Morgan fingerprint density at radius 3 is 2.31 bits per heavy atom. The van der Waals surface area contributed by atoms with Gasteiger partial charge in [-0.1, -0.05) is 61.0 Å². The second-order valence-electron chi connectivity index (χ2n) is 7.20. The molecule has 0 heterocycles. The Morgan fingerprint density at radius 2 is 1.69 bits per heavy atom. The van der Waals surface area contributed by atoms with Crippen molar-refractivity contribution in [3.05, 3.63) is 88.9 Å². The van der Waals surface area contributed by atoms with Gasteiger partial charge in [0.25, 0.3) is 0 Å². The number of rotatable bonds is 9. The molecular formula is C24H25ClN2O4S. The summed E-state index contributed by atoms with van der Waals surface area (Å²) >= 11 is 6.01. The molecule has 8 heteroatoms. The summed E-state index contributed by atoms with van der Waals surface area (Å²) in [5.74, 6) is -0.335. The molecule has 0 bridgehead atoms. The van der Waals surface area contributed by atoms with Crippen molar-refractivity contribution in [3.8, 4) is 5.75 Å². The largest absolute Gasteiger partial charge is 0.495 e. The number of carbonyl (C=O) groups is 1. The van der Waals surface area contributed by atoms with Gasteiger partial charge in [-0.15, -0.1) is 0 Å². The second kappa shape index (κ2) is 10.6. The fourth-order valence-electron chi connectivity index (χ4n) is 3.20. The van der Waals surface area contributed by atoms with E-state index in [1.807, 2.05) is 49.4 Å². The first kappa shape index (κ1) is 23.8. The first-order valence-corrected chi connectivity index (χ1v) is 12.0. The highest BCUT2D eigenvalue weighted by atomic mass is 35.5. The molecule has 0 saturated heterocycles. The van der Waals surface area contributed by atoms with Gasteiger partial charge in [0.2, 0.25) is 15.9 Å². The third-order valence-corrected chi connectivity index (χ3v) is 6.67. The first-order valence-electron chi connectivity index (χ1n) is 10.1. The number of hydrogen-bond acceptors (Lipinski definition) is 4. The minimum atomic E-state index is -4.11. The molecule has 1 amide bonds. The predicted molar refractivity (Wildman–Crippen MR) is 127 cm³/mol. The number of amides is 1. The van der Waals surface area contributed by atoms with Crippen molar-refractivity contribution in [2.45, 2.75) is 30.7 Å². The van der Waals surface area contributed by atoms with Crippen LogP contribution in [0.2, 0.25) is 5.02 Å². The number of carbonyl (C=O) groups excluding carboxylic acids is 1. The molecule has 1 unspecified atom stereocenters. The van der Waals surface area contributed by atoms with Gasteiger partial charge in [-0.3, -0.25) is 4.79 Å². The summed E-state index contributed by atoms with van der Waals surface area (Å²) in [5, 5.41) is 3.05. The van der Waals surface area contributed by atoms with Gasteiger partial charge < -0.3 is 10.1 Å². The van der Waals surface area contributed by atoms with Crippen molar-refractivity contribution < 1.29 is 17.9 Å². The highest BCUT2D eigenvalue weighted by Gasteiger charge is 2.28. The maximum absolute atomic E-state index is 13.2. The van der Waals surface area contributed by atoms with Gasteiger partial charge in [0.1, 0.15) is 16.7 Å². The van der Waals surface area contributed by atoms with Crippen molar-refractivity contribution in [3.63, 3.8) is 0 Å². The van der Waals surface area contributed by atoms with E-state index in [4.69, 9.17) is 16.3 Å². The minimum Gasteiger partial charge on any atom is -0.495 e. The number of methoxy groups -OCH3 is 1. The molecule has 0 spiro atoms. The van der Waals surface area contributed by atoms with Crippen LogP contribution in [0.3, 0.4) is 0 Å². The Morgan fingerprint density at radius 1 is 1.00 bits per heavy atom. The highest BCUT2D eigenvalue weighted by Crippen LogP contribution is 2.27. The summed E-state index contributed by atoms with van der Waals surface area (Å²) < 4.78 is 34.1. The zero-order chi connectivity index (χ0) is 23.1. The SMILES string of the molecule is CCc1ccc(NC(=O)C(Cc2ccccc2)NS(=O)(=O)c2cc(Cl)ccc2OC)cc1. The maximum Gasteiger partial charge on any atom is 0.245 e. The number of halogens is 1. The zero-order valence-corrected chi connectivity index (χ0v) is 19.4. The molecular weight excluding hydrogens is 448 g/mol. The van der Waals surface area contributed by atoms with Crippen molar-refractivity contribution in [1.82, 2.24) is 4.72 Å². The second-order valence-corrected chi connectivity index (χ2v) is 9.32. The lowest BCUT2D eigenvalue weighted by atomic mass is 10.1. The number of ether oxygens (including phenoxy) is 1. The number of nitrogens with one attached hydrogen (secondary N) is 2. The van der Waals surface area contributed by atoms with Gasteiger partial charge in [-0.05, 0) is 54.3 Å². The van der Waals surface area contributed by atoms with Crippen LogP contribution in [0, 0.1) is 0 Å². The Hall–Kier alpha value is -2.87. The van der Waals surface area contributed by atoms with Crippen molar-refractivity contribution in [2.24, 2.45) is 0 Å². The lowest BCUT2D eigenvalue weighted by Crippen LogP contribution is -2.45. The van der Waals surface area contributed by atoms with Gasteiger partial charge in [0.15, 0.2) is 0 Å². The van der Waals surface area contributed by atoms with E-state index in [-0.39, 0.29) is 22.1 Å². The van der Waals surface area contributed by atoms with Crippen LogP contribution >= 0.6 is 11.6 Å². The normalized spacial score (nSPS) is 12.2. The fraction of sp³-hybridized carbons (Fsp3) is 0.208. The molecule has 0 aliphatic heterocycles. The highest BCUT2D eigenvalue weighted by molar-refractivity contribution is 7.89. The minimum absolute atomic E-state index is 0.134. The maximum atomic E-state index is 13.2. The monoisotopic (exact) mass is 472 g/mol. The molecule has 0 saturated carbocycles. The summed E-state index contributed by atoms with van der Waals surface area (Å²) in [6.45, 7) is 2.04. The van der Waals surface area contributed by atoms with E-state index in [0.717, 1.165) is 17.5 Å². The predicted octanol–water partition coefficient (Wildman–Crippen LogP) is 4.44. The smallest absolute Gasteiger partial charge is 0.245 e. The number of benzene rings is 3. The van der Waals surface area contributed by atoms with Gasteiger partial charge >= 0.3 is 0 Å². The molecule has 3 aromatic carbocycles. The Balaban J connectivity index is 1.89. The van der Waals surface area contributed by atoms with E-state index < -0.39 is 22.0 Å².